The summed E-state index contributed by atoms with van der Waals surface area (Å²) in [6, 6.07) is 4.19. The number of amides is 4. The minimum atomic E-state index is -4.43. The summed E-state index contributed by atoms with van der Waals surface area (Å²) < 4.78 is 59.0. The molecule has 1 aliphatic heterocycles. The van der Waals surface area contributed by atoms with Gasteiger partial charge in [0.15, 0.2) is 0 Å². The highest BCUT2D eigenvalue weighted by Gasteiger charge is 2.64. The van der Waals surface area contributed by atoms with Gasteiger partial charge in [-0.3, -0.25) is 14.4 Å². The van der Waals surface area contributed by atoms with Crippen LogP contribution in [0.4, 0.5) is 22.4 Å². The highest BCUT2D eigenvalue weighted by Crippen LogP contribution is 2.40. The second-order valence-electron chi connectivity index (χ2n) is 8.45. The van der Waals surface area contributed by atoms with E-state index < -0.39 is 67.3 Å². The fraction of sp³-hybridized carbons (Fsp3) is 0.435. The number of carbonyl (C=O) groups excluding carboxylic acids is 4. The number of ketones is 1. The number of urea groups is 1. The number of benzene rings is 1. The predicted octanol–water partition coefficient (Wildman–Crippen LogP) is 1.37. The van der Waals surface area contributed by atoms with Gasteiger partial charge in [-0.15, -0.1) is 11.3 Å². The predicted molar refractivity (Wildman–Crippen MR) is 127 cm³/mol. The Morgan fingerprint density at radius 2 is 1.71 bits per heavy atom. The average Bonchev–Trinajstić information content (AvgIpc) is 3.47. The molecule has 0 saturated carbocycles. The van der Waals surface area contributed by atoms with Crippen LogP contribution >= 0.6 is 11.3 Å². The lowest BCUT2D eigenvalue weighted by atomic mass is 10.0. The monoisotopic (exact) mass is 559 g/mol. The molecule has 0 spiro atoms. The zero-order chi connectivity index (χ0) is 27.9. The minimum absolute atomic E-state index is 0.0122. The molecule has 0 aliphatic carbocycles. The summed E-state index contributed by atoms with van der Waals surface area (Å²) >= 11 is 1.26. The molecule has 206 valence electrons. The van der Waals surface area contributed by atoms with Crippen molar-refractivity contribution in [1.29, 1.82) is 0 Å². The zero-order valence-electron chi connectivity index (χ0n) is 20.1. The second-order valence-corrected chi connectivity index (χ2v) is 9.43. The standard InChI is InChI=1S/C23H25F4N5O5S/c1-37-11-16(31-21(36)32-12-22(24,25)23(26,27)13-32)19(34)30-15(9-14-5-3-2-4-6-14)18(33)20(35)29-10-17-28-7-8-38-17/h2-8,15-16H,9-13H2,1H3,(H,29,35)(H,30,34)(H,31,36)/t15-,16-/m1/s1. The molecule has 3 rings (SSSR count). The van der Waals surface area contributed by atoms with Gasteiger partial charge >= 0.3 is 17.9 Å². The van der Waals surface area contributed by atoms with Gasteiger partial charge in [0.05, 0.1) is 26.2 Å². The number of thiazole rings is 1. The van der Waals surface area contributed by atoms with E-state index in [-0.39, 0.29) is 17.9 Å². The molecule has 2 heterocycles. The van der Waals surface area contributed by atoms with Gasteiger partial charge in [0, 0.05) is 25.1 Å². The zero-order valence-corrected chi connectivity index (χ0v) is 20.9. The van der Waals surface area contributed by atoms with Crippen molar-refractivity contribution in [3.63, 3.8) is 0 Å². The van der Waals surface area contributed by atoms with Gasteiger partial charge < -0.3 is 25.6 Å². The highest BCUT2D eigenvalue weighted by atomic mass is 32.1. The van der Waals surface area contributed by atoms with E-state index in [0.29, 0.717) is 10.6 Å². The number of nitrogens with one attached hydrogen (secondary N) is 3. The Hall–Kier alpha value is -3.59. The third kappa shape index (κ3) is 7.25. The Balaban J connectivity index is 1.71. The molecule has 10 nitrogen and oxygen atoms in total. The van der Waals surface area contributed by atoms with Crippen LogP contribution in [0.2, 0.25) is 0 Å². The number of carbonyl (C=O) groups is 4. The van der Waals surface area contributed by atoms with Gasteiger partial charge in [-0.05, 0) is 5.56 Å². The van der Waals surface area contributed by atoms with Gasteiger partial charge in [0.2, 0.25) is 11.7 Å². The quantitative estimate of drug-likeness (QED) is 0.282. The van der Waals surface area contributed by atoms with Crippen molar-refractivity contribution >= 4 is 35.0 Å². The summed E-state index contributed by atoms with van der Waals surface area (Å²) in [5, 5.41) is 9.13. The molecule has 38 heavy (non-hydrogen) atoms. The highest BCUT2D eigenvalue weighted by molar-refractivity contribution is 7.09. The molecule has 4 amide bonds. The number of ether oxygens (including phenoxy) is 1. The Kier molecular flexibility index (Phi) is 9.38. The largest absolute Gasteiger partial charge is 0.382 e. The Morgan fingerprint density at radius 1 is 1.05 bits per heavy atom. The van der Waals surface area contributed by atoms with E-state index >= 15 is 0 Å². The smallest absolute Gasteiger partial charge is 0.329 e. The molecule has 1 aromatic heterocycles. The molecule has 1 aromatic carbocycles. The lowest BCUT2D eigenvalue weighted by molar-refractivity contribution is -0.172. The fourth-order valence-electron chi connectivity index (χ4n) is 3.57. The van der Waals surface area contributed by atoms with Crippen LogP contribution in [0.15, 0.2) is 41.9 Å². The van der Waals surface area contributed by atoms with Crippen LogP contribution < -0.4 is 16.0 Å². The molecule has 2 atom stereocenters. The first-order valence-electron chi connectivity index (χ1n) is 11.3. The maximum Gasteiger partial charge on any atom is 0.329 e. The number of aromatic nitrogens is 1. The molecule has 3 N–H and O–H groups in total. The van der Waals surface area contributed by atoms with Crippen molar-refractivity contribution in [3.05, 3.63) is 52.5 Å². The van der Waals surface area contributed by atoms with E-state index in [0.717, 1.165) is 0 Å². The van der Waals surface area contributed by atoms with Crippen LogP contribution in [0.3, 0.4) is 0 Å². The summed E-state index contributed by atoms with van der Waals surface area (Å²) in [5.74, 6) is -11.8. The van der Waals surface area contributed by atoms with Gasteiger partial charge in [0.25, 0.3) is 5.91 Å². The number of Topliss-reactive ketones (excluding diaryl/α,β-unsaturated/α-hetero) is 1. The molecule has 1 saturated heterocycles. The number of methoxy groups -OCH3 is 1. The molecular formula is C23H25F4N5O5S. The number of hydrogen-bond acceptors (Lipinski definition) is 7. The molecule has 0 bridgehead atoms. The number of rotatable bonds is 11. The summed E-state index contributed by atoms with van der Waals surface area (Å²) in [7, 11) is 1.18. The molecule has 0 radical (unpaired) electrons. The third-order valence-corrected chi connectivity index (χ3v) is 6.35. The fourth-order valence-corrected chi connectivity index (χ4v) is 4.13. The normalized spacial score (nSPS) is 17.3. The first-order chi connectivity index (χ1) is 17.9. The Bertz CT molecular complexity index is 1120. The topological polar surface area (TPSA) is 130 Å². The van der Waals surface area contributed by atoms with Gasteiger partial charge in [-0.2, -0.15) is 17.6 Å². The summed E-state index contributed by atoms with van der Waals surface area (Å²) in [5.41, 5.74) is 0.604. The maximum atomic E-state index is 13.5. The molecule has 15 heteroatoms. The molecule has 1 fully saturated rings. The molecule has 1 aliphatic rings. The van der Waals surface area contributed by atoms with E-state index in [9.17, 15) is 36.7 Å². The van der Waals surface area contributed by atoms with Crippen LogP contribution in [0.5, 0.6) is 0 Å². The summed E-state index contributed by atoms with van der Waals surface area (Å²) in [6.07, 6.45) is 1.44. The van der Waals surface area contributed by atoms with Crippen molar-refractivity contribution in [2.75, 3.05) is 26.8 Å². The van der Waals surface area contributed by atoms with Crippen LogP contribution in [0.25, 0.3) is 0 Å². The van der Waals surface area contributed by atoms with Crippen molar-refractivity contribution in [3.8, 4) is 0 Å². The summed E-state index contributed by atoms with van der Waals surface area (Å²) in [6.45, 7) is -3.56. The SMILES string of the molecule is COC[C@@H](NC(=O)N1CC(F)(F)C(F)(F)C1)C(=O)N[C@H](Cc1ccccc1)C(=O)C(=O)NCc1nccs1. The number of alkyl halides is 4. The van der Waals surface area contributed by atoms with Gasteiger partial charge in [0.1, 0.15) is 17.1 Å². The lowest BCUT2D eigenvalue weighted by Crippen LogP contribution is -2.57. The second kappa shape index (κ2) is 12.3. The lowest BCUT2D eigenvalue weighted by Gasteiger charge is -2.24. The number of halogens is 4. The van der Waals surface area contributed by atoms with E-state index in [4.69, 9.17) is 4.74 Å². The van der Waals surface area contributed by atoms with Gasteiger partial charge in [-0.1, -0.05) is 30.3 Å². The number of likely N-dealkylation sites (tertiary alicyclic amines) is 1. The first-order valence-corrected chi connectivity index (χ1v) is 12.2. The number of hydrogen-bond donors (Lipinski definition) is 3. The van der Waals surface area contributed by atoms with E-state index in [1.807, 2.05) is 0 Å². The molecule has 0 unspecified atom stereocenters. The van der Waals surface area contributed by atoms with Crippen molar-refractivity contribution in [2.45, 2.75) is 36.9 Å². The van der Waals surface area contributed by atoms with Crippen molar-refractivity contribution in [1.82, 2.24) is 25.8 Å². The Morgan fingerprint density at radius 3 is 2.29 bits per heavy atom. The van der Waals surface area contributed by atoms with Crippen LogP contribution in [0, 0.1) is 0 Å². The van der Waals surface area contributed by atoms with Crippen LogP contribution in [-0.4, -0.2) is 84.2 Å². The minimum Gasteiger partial charge on any atom is -0.382 e. The molecular weight excluding hydrogens is 534 g/mol. The first kappa shape index (κ1) is 29.0. The summed E-state index contributed by atoms with van der Waals surface area (Å²) in [4.78, 5) is 55.1. The number of nitrogens with zero attached hydrogens (tertiary/aromatic N) is 2. The third-order valence-electron chi connectivity index (χ3n) is 5.57. The van der Waals surface area contributed by atoms with Crippen LogP contribution in [0.1, 0.15) is 10.6 Å². The van der Waals surface area contributed by atoms with E-state index in [1.54, 1.807) is 35.7 Å². The van der Waals surface area contributed by atoms with E-state index in [1.165, 1.54) is 24.6 Å². The molecule has 2 aromatic rings. The van der Waals surface area contributed by atoms with Crippen LogP contribution in [-0.2, 0) is 32.1 Å². The van der Waals surface area contributed by atoms with Crippen molar-refractivity contribution in [2.24, 2.45) is 0 Å². The van der Waals surface area contributed by atoms with Crippen molar-refractivity contribution < 1.29 is 41.5 Å². The maximum absolute atomic E-state index is 13.5. The Labute approximate surface area is 218 Å². The average molecular weight is 560 g/mol. The van der Waals surface area contributed by atoms with E-state index in [2.05, 4.69) is 20.9 Å². The van der Waals surface area contributed by atoms with Gasteiger partial charge in [-0.25, -0.2) is 9.78 Å².